The van der Waals surface area contributed by atoms with Crippen molar-refractivity contribution in [3.63, 3.8) is 0 Å². The Morgan fingerprint density at radius 2 is 1.69 bits per heavy atom. The molecule has 11 heteroatoms. The summed E-state index contributed by atoms with van der Waals surface area (Å²) in [5.41, 5.74) is -2.38. The molecule has 0 saturated heterocycles. The average Bonchev–Trinajstić information content (AvgIpc) is 3.06. The highest BCUT2D eigenvalue weighted by Crippen LogP contribution is 2.36. The van der Waals surface area contributed by atoms with Crippen LogP contribution in [0.3, 0.4) is 0 Å². The van der Waals surface area contributed by atoms with Gasteiger partial charge in [0, 0.05) is 12.6 Å². The van der Waals surface area contributed by atoms with Crippen molar-refractivity contribution in [2.75, 3.05) is 11.9 Å². The molecular weight excluding hydrogens is 424 g/mol. The maximum absolute atomic E-state index is 13.6. The van der Waals surface area contributed by atoms with E-state index in [2.05, 4.69) is 5.10 Å². The largest absolute Gasteiger partial charge is 0.433 e. The molecule has 0 atom stereocenters. The number of hydrogen-bond donors (Lipinski definition) is 1. The van der Waals surface area contributed by atoms with Crippen molar-refractivity contribution in [2.24, 2.45) is 0 Å². The lowest BCUT2D eigenvalue weighted by atomic mass is 10.0. The summed E-state index contributed by atoms with van der Waals surface area (Å²) in [6.45, 7) is 0. The Kier molecular flexibility index (Phi) is 5.31. The molecule has 2 aromatic carbocycles. The molecule has 0 saturated carbocycles. The predicted octanol–water partition coefficient (Wildman–Crippen LogP) is 5.44. The second kappa shape index (κ2) is 7.43. The molecule has 0 fully saturated rings. The number of aromatic amines is 1. The first-order valence-electron chi connectivity index (χ1n) is 7.85. The van der Waals surface area contributed by atoms with Gasteiger partial charge in [0.05, 0.1) is 5.69 Å². The summed E-state index contributed by atoms with van der Waals surface area (Å²) >= 11 is 5.66. The van der Waals surface area contributed by atoms with E-state index in [0.717, 1.165) is 11.9 Å². The molecule has 0 aliphatic heterocycles. The molecule has 0 unspecified atom stereocenters. The van der Waals surface area contributed by atoms with Gasteiger partial charge in [-0.1, -0.05) is 29.8 Å². The van der Waals surface area contributed by atoms with E-state index in [4.69, 9.17) is 11.6 Å². The van der Waals surface area contributed by atoms with Crippen molar-refractivity contribution in [2.45, 2.75) is 6.18 Å². The van der Waals surface area contributed by atoms with Crippen molar-refractivity contribution < 1.29 is 31.1 Å². The topological polar surface area (TPSA) is 49.0 Å². The first kappa shape index (κ1) is 20.7. The van der Waals surface area contributed by atoms with Crippen LogP contribution in [0.5, 0.6) is 0 Å². The Balaban J connectivity index is 2.10. The minimum atomic E-state index is -4.92. The quantitative estimate of drug-likeness (QED) is 0.441. The van der Waals surface area contributed by atoms with E-state index >= 15 is 0 Å². The van der Waals surface area contributed by atoms with Gasteiger partial charge >= 0.3 is 6.18 Å². The van der Waals surface area contributed by atoms with Crippen LogP contribution in [0.25, 0.3) is 11.1 Å². The standard InChI is InChI=1S/C18H10ClF6N3O/c1-28(17(29)13-15(18(23,24)25)26-27-16(13)19)12-5-3-2-4-9(12)8-6-10(20)14(22)11(21)7-8/h2-7H,1H3,(H,26,27). The van der Waals surface area contributed by atoms with Crippen LogP contribution in [0.1, 0.15) is 16.1 Å². The number of carbonyl (C=O) groups is 1. The van der Waals surface area contributed by atoms with E-state index in [-0.39, 0.29) is 16.8 Å². The zero-order valence-corrected chi connectivity index (χ0v) is 15.2. The Hall–Kier alpha value is -3.01. The Morgan fingerprint density at radius 1 is 1.10 bits per heavy atom. The molecule has 1 aromatic heterocycles. The molecule has 4 nitrogen and oxygen atoms in total. The number of nitrogens with one attached hydrogen (secondary N) is 1. The molecular formula is C18H10ClF6N3O. The van der Waals surface area contributed by atoms with Gasteiger partial charge in [-0.3, -0.25) is 9.89 Å². The third-order valence-electron chi connectivity index (χ3n) is 4.08. The maximum Gasteiger partial charge on any atom is 0.433 e. The molecule has 0 bridgehead atoms. The van der Waals surface area contributed by atoms with E-state index < -0.39 is 45.9 Å². The first-order chi connectivity index (χ1) is 13.5. The molecule has 0 spiro atoms. The van der Waals surface area contributed by atoms with E-state index in [0.29, 0.717) is 12.1 Å². The number of H-pyrrole nitrogens is 1. The number of rotatable bonds is 3. The van der Waals surface area contributed by atoms with Crippen LogP contribution in [-0.2, 0) is 6.18 Å². The molecule has 152 valence electrons. The maximum atomic E-state index is 13.6. The minimum absolute atomic E-state index is 0.00768. The SMILES string of the molecule is CN(C(=O)c1c(Cl)n[nH]c1C(F)(F)F)c1ccccc1-c1cc(F)c(F)c(F)c1. The molecule has 1 amide bonds. The van der Waals surface area contributed by atoms with Crippen LogP contribution in [0.15, 0.2) is 36.4 Å². The molecule has 1 N–H and O–H groups in total. The van der Waals surface area contributed by atoms with E-state index in [1.807, 2.05) is 0 Å². The number of amides is 1. The number of aromatic nitrogens is 2. The van der Waals surface area contributed by atoms with Gasteiger partial charge < -0.3 is 4.90 Å². The molecule has 3 rings (SSSR count). The van der Waals surface area contributed by atoms with Crippen LogP contribution in [0, 0.1) is 17.5 Å². The second-order valence-electron chi connectivity index (χ2n) is 5.90. The van der Waals surface area contributed by atoms with Gasteiger partial charge in [0.25, 0.3) is 5.91 Å². The number of carbonyl (C=O) groups excluding carboxylic acids is 1. The van der Waals surface area contributed by atoms with Gasteiger partial charge in [-0.15, -0.1) is 0 Å². The summed E-state index contributed by atoms with van der Waals surface area (Å²) in [5, 5.41) is 4.21. The number of nitrogens with zero attached hydrogens (tertiary/aromatic N) is 2. The summed E-state index contributed by atoms with van der Waals surface area (Å²) in [7, 11) is 1.15. The lowest BCUT2D eigenvalue weighted by molar-refractivity contribution is -0.141. The van der Waals surface area contributed by atoms with E-state index in [1.54, 1.807) is 5.10 Å². The lowest BCUT2D eigenvalue weighted by Crippen LogP contribution is -2.29. The number of anilines is 1. The molecule has 0 aliphatic carbocycles. The fourth-order valence-electron chi connectivity index (χ4n) is 2.72. The first-order valence-corrected chi connectivity index (χ1v) is 8.23. The number of halogens is 7. The number of hydrogen-bond acceptors (Lipinski definition) is 2. The molecule has 0 radical (unpaired) electrons. The van der Waals surface area contributed by atoms with Gasteiger partial charge in [0.1, 0.15) is 5.56 Å². The normalized spacial score (nSPS) is 11.6. The summed E-state index contributed by atoms with van der Waals surface area (Å²) in [6.07, 6.45) is -4.92. The molecule has 3 aromatic rings. The Bertz CT molecular complexity index is 1070. The highest BCUT2D eigenvalue weighted by Gasteiger charge is 2.40. The van der Waals surface area contributed by atoms with Crippen molar-refractivity contribution >= 4 is 23.2 Å². The summed E-state index contributed by atoms with van der Waals surface area (Å²) < 4.78 is 79.9. The highest BCUT2D eigenvalue weighted by molar-refractivity contribution is 6.33. The third kappa shape index (κ3) is 3.80. The van der Waals surface area contributed by atoms with Crippen molar-refractivity contribution in [3.05, 3.63) is 70.3 Å². The van der Waals surface area contributed by atoms with Crippen LogP contribution >= 0.6 is 11.6 Å². The monoisotopic (exact) mass is 433 g/mol. The third-order valence-corrected chi connectivity index (χ3v) is 4.36. The predicted molar refractivity (Wildman–Crippen MR) is 93.1 cm³/mol. The van der Waals surface area contributed by atoms with Crippen LogP contribution in [0.2, 0.25) is 5.15 Å². The van der Waals surface area contributed by atoms with Crippen LogP contribution in [-0.4, -0.2) is 23.2 Å². The smallest absolute Gasteiger partial charge is 0.311 e. The lowest BCUT2D eigenvalue weighted by Gasteiger charge is -2.21. The van der Waals surface area contributed by atoms with Crippen molar-refractivity contribution in [3.8, 4) is 11.1 Å². The second-order valence-corrected chi connectivity index (χ2v) is 6.26. The summed E-state index contributed by atoms with van der Waals surface area (Å²) in [6, 6.07) is 7.06. The van der Waals surface area contributed by atoms with Gasteiger partial charge in [0.2, 0.25) is 0 Å². The number of benzene rings is 2. The Labute approximate surface area is 164 Å². The van der Waals surface area contributed by atoms with Crippen molar-refractivity contribution in [1.82, 2.24) is 10.2 Å². The average molecular weight is 434 g/mol. The molecule has 29 heavy (non-hydrogen) atoms. The molecule has 1 heterocycles. The fraction of sp³-hybridized carbons (Fsp3) is 0.111. The zero-order valence-electron chi connectivity index (χ0n) is 14.4. The highest BCUT2D eigenvalue weighted by atomic mass is 35.5. The summed E-state index contributed by atoms with van der Waals surface area (Å²) in [5.74, 6) is -5.75. The molecule has 0 aliphatic rings. The van der Waals surface area contributed by atoms with Crippen LogP contribution in [0.4, 0.5) is 32.0 Å². The minimum Gasteiger partial charge on any atom is -0.311 e. The van der Waals surface area contributed by atoms with Gasteiger partial charge in [0.15, 0.2) is 28.3 Å². The van der Waals surface area contributed by atoms with Crippen LogP contribution < -0.4 is 4.90 Å². The van der Waals surface area contributed by atoms with Gasteiger partial charge in [-0.25, -0.2) is 13.2 Å². The summed E-state index contributed by atoms with van der Waals surface area (Å²) in [4.78, 5) is 13.6. The van der Waals surface area contributed by atoms with Gasteiger partial charge in [-0.05, 0) is 23.8 Å². The fourth-order valence-corrected chi connectivity index (χ4v) is 2.94. The zero-order chi connectivity index (χ0) is 21.5. The number of para-hydroxylation sites is 1. The van der Waals surface area contributed by atoms with Crippen molar-refractivity contribution in [1.29, 1.82) is 0 Å². The Morgan fingerprint density at radius 3 is 2.28 bits per heavy atom. The van der Waals surface area contributed by atoms with Gasteiger partial charge in [-0.2, -0.15) is 18.3 Å². The number of alkyl halides is 3. The van der Waals surface area contributed by atoms with E-state index in [1.165, 1.54) is 24.3 Å². The van der Waals surface area contributed by atoms with E-state index in [9.17, 15) is 31.1 Å².